The second-order valence-corrected chi connectivity index (χ2v) is 8.03. The van der Waals surface area contributed by atoms with Gasteiger partial charge < -0.3 is 20.5 Å². The molecule has 190 valence electrons. The maximum Gasteiger partial charge on any atom is 0.433 e. The summed E-state index contributed by atoms with van der Waals surface area (Å²) in [6.45, 7) is 1.92. The molecule has 0 radical (unpaired) electrons. The Morgan fingerprint density at radius 2 is 1.83 bits per heavy atom. The van der Waals surface area contributed by atoms with Crippen molar-refractivity contribution < 1.29 is 45.4 Å². The molecule has 14 heteroatoms. The lowest BCUT2D eigenvalue weighted by molar-refractivity contribution is -0.272. The average molecular weight is 506 g/mol. The van der Waals surface area contributed by atoms with Crippen LogP contribution in [0.5, 0.6) is 5.88 Å². The number of primary amides is 1. The van der Waals surface area contributed by atoms with Gasteiger partial charge in [-0.1, -0.05) is 13.0 Å². The van der Waals surface area contributed by atoms with Gasteiger partial charge in [0, 0.05) is 29.3 Å². The lowest BCUT2D eigenvalue weighted by Gasteiger charge is -2.31. The minimum Gasteiger partial charge on any atom is -0.481 e. The minimum atomic E-state index is -4.93. The number of halogens is 6. The number of carbonyl (C=O) groups is 2. The number of hydrogen-bond donors (Lipinski definition) is 2. The molecule has 0 aliphatic carbocycles. The maximum atomic E-state index is 14.0. The molecule has 35 heavy (non-hydrogen) atoms. The highest BCUT2D eigenvalue weighted by atomic mass is 19.4. The van der Waals surface area contributed by atoms with Crippen LogP contribution < -0.4 is 15.8 Å². The number of amides is 2. The summed E-state index contributed by atoms with van der Waals surface area (Å²) < 4.78 is 91.5. The summed E-state index contributed by atoms with van der Waals surface area (Å²) in [5, 5.41) is 2.34. The number of hydrogen-bond acceptors (Lipinski definition) is 6. The molecule has 8 nitrogen and oxygen atoms in total. The third-order valence-corrected chi connectivity index (χ3v) is 5.94. The van der Waals surface area contributed by atoms with Crippen molar-refractivity contribution in [2.75, 3.05) is 12.4 Å². The van der Waals surface area contributed by atoms with Crippen molar-refractivity contribution in [3.63, 3.8) is 0 Å². The number of nitrogens with zero attached hydrogens (tertiary/aromatic N) is 2. The Balaban J connectivity index is 2.07. The molecule has 0 bridgehead atoms. The molecule has 3 rings (SSSR count). The maximum absolute atomic E-state index is 14.0. The highest BCUT2D eigenvalue weighted by Gasteiger charge is 2.66. The molecule has 1 saturated heterocycles. The van der Waals surface area contributed by atoms with Crippen LogP contribution in [-0.4, -0.2) is 46.8 Å². The van der Waals surface area contributed by atoms with Crippen molar-refractivity contribution in [2.24, 2.45) is 11.7 Å². The Bertz CT molecular complexity index is 1140. The lowest BCUT2D eigenvalue weighted by Crippen LogP contribution is -2.47. The van der Waals surface area contributed by atoms with Crippen molar-refractivity contribution in [1.29, 1.82) is 0 Å². The number of methoxy groups -OCH3 is 1. The van der Waals surface area contributed by atoms with E-state index >= 15 is 0 Å². The fraction of sp³-hybridized carbons (Fsp3) is 0.429. The zero-order valence-electron chi connectivity index (χ0n) is 18.5. The van der Waals surface area contributed by atoms with Crippen molar-refractivity contribution in [2.45, 2.75) is 43.8 Å². The van der Waals surface area contributed by atoms with Crippen LogP contribution in [0.25, 0.3) is 0 Å². The quantitative estimate of drug-likeness (QED) is 0.598. The fourth-order valence-corrected chi connectivity index (χ4v) is 3.91. The summed E-state index contributed by atoms with van der Waals surface area (Å²) in [5.74, 6) is -5.38. The van der Waals surface area contributed by atoms with Gasteiger partial charge in [0.2, 0.25) is 5.88 Å². The van der Waals surface area contributed by atoms with Crippen LogP contribution >= 0.6 is 0 Å². The third kappa shape index (κ3) is 4.88. The molecular formula is C21H20F6N4O4. The van der Waals surface area contributed by atoms with Crippen LogP contribution in [0.4, 0.5) is 32.0 Å². The van der Waals surface area contributed by atoms with Gasteiger partial charge in [-0.25, -0.2) is 4.98 Å². The summed E-state index contributed by atoms with van der Waals surface area (Å²) in [6, 6.07) is 3.88. The van der Waals surface area contributed by atoms with Gasteiger partial charge in [0.25, 0.3) is 11.8 Å². The van der Waals surface area contributed by atoms with E-state index in [1.807, 2.05) is 0 Å². The number of rotatable bonds is 5. The summed E-state index contributed by atoms with van der Waals surface area (Å²) in [5.41, 5.74) is 0.602. The highest BCUT2D eigenvalue weighted by molar-refractivity contribution is 5.97. The van der Waals surface area contributed by atoms with Crippen molar-refractivity contribution >= 4 is 17.5 Å². The highest BCUT2D eigenvalue weighted by Crippen LogP contribution is 2.54. The van der Waals surface area contributed by atoms with E-state index in [2.05, 4.69) is 15.3 Å². The van der Waals surface area contributed by atoms with E-state index in [-0.39, 0.29) is 16.9 Å². The summed E-state index contributed by atoms with van der Waals surface area (Å²) in [6.07, 6.45) is -10.4. The number of nitrogens with two attached hydrogens (primary N) is 1. The Morgan fingerprint density at radius 1 is 1.17 bits per heavy atom. The molecule has 4 atom stereocenters. The number of alkyl halides is 6. The molecule has 2 amide bonds. The van der Waals surface area contributed by atoms with Gasteiger partial charge in [0.15, 0.2) is 5.60 Å². The first-order chi connectivity index (χ1) is 16.1. The van der Waals surface area contributed by atoms with Gasteiger partial charge in [0.05, 0.1) is 7.11 Å². The van der Waals surface area contributed by atoms with E-state index in [0.717, 1.165) is 32.4 Å². The molecule has 1 fully saturated rings. The molecular weight excluding hydrogens is 486 g/mol. The normalized spacial score (nSPS) is 24.8. The molecule has 0 spiro atoms. The lowest BCUT2D eigenvalue weighted by atomic mass is 9.77. The van der Waals surface area contributed by atoms with Gasteiger partial charge in [-0.3, -0.25) is 14.6 Å². The predicted molar refractivity (Wildman–Crippen MR) is 108 cm³/mol. The minimum absolute atomic E-state index is 0.00748. The Labute approximate surface area is 194 Å². The first-order valence-corrected chi connectivity index (χ1v) is 10.0. The first-order valence-electron chi connectivity index (χ1n) is 10.0. The molecule has 3 N–H and O–H groups in total. The van der Waals surface area contributed by atoms with Gasteiger partial charge >= 0.3 is 12.4 Å². The number of aromatic nitrogens is 2. The van der Waals surface area contributed by atoms with Crippen LogP contribution in [0.1, 0.15) is 41.5 Å². The predicted octanol–water partition coefficient (Wildman–Crippen LogP) is 3.68. The summed E-state index contributed by atoms with van der Waals surface area (Å²) in [7, 11) is 1.01. The van der Waals surface area contributed by atoms with Crippen LogP contribution in [-0.2, 0) is 15.7 Å². The molecule has 0 unspecified atom stereocenters. The number of ether oxygens (including phenoxy) is 2. The zero-order chi connectivity index (χ0) is 26.3. The van der Waals surface area contributed by atoms with Crippen molar-refractivity contribution in [1.82, 2.24) is 9.97 Å². The molecule has 0 saturated carbocycles. The summed E-state index contributed by atoms with van der Waals surface area (Å²) >= 11 is 0. The van der Waals surface area contributed by atoms with E-state index in [1.165, 1.54) is 13.0 Å². The number of nitrogens with one attached hydrogen (secondary N) is 1. The van der Waals surface area contributed by atoms with Crippen molar-refractivity contribution in [3.05, 3.63) is 47.4 Å². The van der Waals surface area contributed by atoms with E-state index < -0.39 is 59.3 Å². The molecule has 0 aromatic carbocycles. The molecule has 2 aromatic heterocycles. The van der Waals surface area contributed by atoms with Gasteiger partial charge in [-0.15, -0.1) is 0 Å². The first kappa shape index (κ1) is 26.2. The largest absolute Gasteiger partial charge is 0.481 e. The van der Waals surface area contributed by atoms with Gasteiger partial charge in [-0.05, 0) is 25.1 Å². The van der Waals surface area contributed by atoms with E-state index in [4.69, 9.17) is 15.2 Å². The van der Waals surface area contributed by atoms with Gasteiger partial charge in [-0.2, -0.15) is 26.3 Å². The smallest absolute Gasteiger partial charge is 0.433 e. The van der Waals surface area contributed by atoms with Crippen LogP contribution in [0.3, 0.4) is 0 Å². The van der Waals surface area contributed by atoms with Crippen molar-refractivity contribution in [3.8, 4) is 5.88 Å². The molecule has 1 aliphatic rings. The Morgan fingerprint density at radius 3 is 2.37 bits per heavy atom. The number of anilines is 1. The van der Waals surface area contributed by atoms with Crippen LogP contribution in [0.2, 0.25) is 0 Å². The topological polar surface area (TPSA) is 116 Å². The van der Waals surface area contributed by atoms with E-state index in [1.54, 1.807) is 0 Å². The monoisotopic (exact) mass is 506 g/mol. The second kappa shape index (κ2) is 8.98. The van der Waals surface area contributed by atoms with Crippen LogP contribution in [0.15, 0.2) is 30.5 Å². The second-order valence-electron chi connectivity index (χ2n) is 8.03. The summed E-state index contributed by atoms with van der Waals surface area (Å²) in [4.78, 5) is 31.5. The molecule has 2 aromatic rings. The van der Waals surface area contributed by atoms with Crippen LogP contribution in [0, 0.1) is 5.92 Å². The Kier molecular flexibility index (Phi) is 6.72. The van der Waals surface area contributed by atoms with E-state index in [0.29, 0.717) is 6.07 Å². The van der Waals surface area contributed by atoms with Gasteiger partial charge in [0.1, 0.15) is 17.5 Å². The average Bonchev–Trinajstić information content (AvgIpc) is 3.04. The SMILES string of the molecule is COc1nc(C(F)(F)F)ccc1[C@@H]1[C@H](C(=O)Nc2ccnc(C(N)=O)c2)O[C@@](C)(C(F)(F)F)[C@H]1C. The third-order valence-electron chi connectivity index (χ3n) is 5.94. The van der Waals surface area contributed by atoms with E-state index in [9.17, 15) is 35.9 Å². The fourth-order valence-electron chi connectivity index (χ4n) is 3.91. The molecule has 3 heterocycles. The Hall–Kier alpha value is -3.42. The standard InChI is InChI=1S/C21H20F6N4O4/c1-9-14(11-4-5-13(20(22,23)24)31-18(11)34-3)15(35-19(9,2)21(25,26)27)17(33)30-10-6-7-29-12(8-10)16(28)32/h4-9,14-15H,1-3H3,(H2,28,32)(H,29,30,33)/t9-,14+,15+,19+/m0/s1. The molecule has 1 aliphatic heterocycles. The zero-order valence-corrected chi connectivity index (χ0v) is 18.5. The number of carbonyl (C=O) groups excluding carboxylic acids is 2. The number of pyridine rings is 2.